The van der Waals surface area contributed by atoms with Gasteiger partial charge in [0, 0.05) is 20.2 Å². The minimum absolute atomic E-state index is 0.129. The van der Waals surface area contributed by atoms with Crippen LogP contribution in [0, 0.1) is 5.82 Å². The quantitative estimate of drug-likeness (QED) is 0.830. The van der Waals surface area contributed by atoms with Crippen molar-refractivity contribution in [1.82, 2.24) is 19.7 Å². The van der Waals surface area contributed by atoms with Crippen LogP contribution in [0.15, 0.2) is 18.5 Å². The predicted octanol–water partition coefficient (Wildman–Crippen LogP) is 0.882. The first-order chi connectivity index (χ1) is 10.6. The van der Waals surface area contributed by atoms with Crippen molar-refractivity contribution < 1.29 is 13.9 Å². The Hall–Kier alpha value is -2.64. The molecule has 0 aromatic carbocycles. The number of nitrogens with one attached hydrogen (secondary N) is 1. The van der Waals surface area contributed by atoms with Gasteiger partial charge in [0.25, 0.3) is 0 Å². The molecule has 0 radical (unpaired) electrons. The molecule has 1 fully saturated rings. The molecule has 8 heteroatoms. The average Bonchev–Trinajstić information content (AvgIpc) is 2.85. The van der Waals surface area contributed by atoms with Crippen molar-refractivity contribution >= 4 is 12.1 Å². The SMILES string of the molecule is CNc1cnn(C)c1-c1cc(OC2CN(C=O)C2)c(F)cn1. The highest BCUT2D eigenvalue weighted by atomic mass is 19.1. The lowest BCUT2D eigenvalue weighted by molar-refractivity contribution is -0.126. The van der Waals surface area contributed by atoms with Gasteiger partial charge in [0.05, 0.1) is 36.9 Å². The molecule has 3 heterocycles. The van der Waals surface area contributed by atoms with E-state index < -0.39 is 5.82 Å². The van der Waals surface area contributed by atoms with E-state index >= 15 is 0 Å². The molecule has 116 valence electrons. The van der Waals surface area contributed by atoms with Crippen LogP contribution in [0.25, 0.3) is 11.4 Å². The molecule has 0 atom stereocenters. The molecule has 2 aromatic heterocycles. The largest absolute Gasteiger partial charge is 0.484 e. The zero-order valence-corrected chi connectivity index (χ0v) is 12.3. The Morgan fingerprint density at radius 2 is 2.23 bits per heavy atom. The van der Waals surface area contributed by atoms with Crippen LogP contribution in [0.2, 0.25) is 0 Å². The Morgan fingerprint density at radius 1 is 1.45 bits per heavy atom. The number of carbonyl (C=O) groups is 1. The summed E-state index contributed by atoms with van der Waals surface area (Å²) in [7, 11) is 3.57. The summed E-state index contributed by atoms with van der Waals surface area (Å²) < 4.78 is 21.1. The third-order valence-corrected chi connectivity index (χ3v) is 3.59. The van der Waals surface area contributed by atoms with Crippen molar-refractivity contribution in [3.8, 4) is 17.1 Å². The van der Waals surface area contributed by atoms with Crippen LogP contribution in [-0.4, -0.2) is 52.3 Å². The summed E-state index contributed by atoms with van der Waals surface area (Å²) in [5, 5.41) is 7.18. The van der Waals surface area contributed by atoms with E-state index in [0.29, 0.717) is 18.8 Å². The van der Waals surface area contributed by atoms with Crippen molar-refractivity contribution in [1.29, 1.82) is 0 Å². The fourth-order valence-electron chi connectivity index (χ4n) is 2.37. The molecule has 3 rings (SSSR count). The first kappa shape index (κ1) is 14.3. The second-order valence-electron chi connectivity index (χ2n) is 5.08. The predicted molar refractivity (Wildman–Crippen MR) is 78.0 cm³/mol. The maximum Gasteiger partial charge on any atom is 0.209 e. The molecule has 22 heavy (non-hydrogen) atoms. The Kier molecular flexibility index (Phi) is 3.66. The zero-order valence-electron chi connectivity index (χ0n) is 12.3. The van der Waals surface area contributed by atoms with Crippen LogP contribution in [-0.2, 0) is 11.8 Å². The van der Waals surface area contributed by atoms with E-state index in [0.717, 1.165) is 24.0 Å². The van der Waals surface area contributed by atoms with E-state index in [9.17, 15) is 9.18 Å². The maximum absolute atomic E-state index is 13.9. The van der Waals surface area contributed by atoms with E-state index in [-0.39, 0.29) is 11.9 Å². The fourth-order valence-corrected chi connectivity index (χ4v) is 2.37. The molecule has 0 spiro atoms. The average molecular weight is 305 g/mol. The number of aromatic nitrogens is 3. The van der Waals surface area contributed by atoms with E-state index in [2.05, 4.69) is 15.4 Å². The highest BCUT2D eigenvalue weighted by Crippen LogP contribution is 2.30. The molecule has 2 aromatic rings. The van der Waals surface area contributed by atoms with E-state index in [1.165, 1.54) is 0 Å². The normalized spacial score (nSPS) is 14.6. The van der Waals surface area contributed by atoms with Gasteiger partial charge in [-0.05, 0) is 0 Å². The number of hydrogen-bond donors (Lipinski definition) is 1. The molecular formula is C14H16FN5O2. The van der Waals surface area contributed by atoms with E-state index in [1.54, 1.807) is 35.9 Å². The highest BCUT2D eigenvalue weighted by molar-refractivity contribution is 5.72. The van der Waals surface area contributed by atoms with E-state index in [1.807, 2.05) is 0 Å². The van der Waals surface area contributed by atoms with Crippen molar-refractivity contribution in [2.24, 2.45) is 7.05 Å². The number of anilines is 1. The fraction of sp³-hybridized carbons (Fsp3) is 0.357. The summed E-state index contributed by atoms with van der Waals surface area (Å²) in [4.78, 5) is 16.2. The lowest BCUT2D eigenvalue weighted by Gasteiger charge is -2.36. The summed E-state index contributed by atoms with van der Waals surface area (Å²) in [6, 6.07) is 1.55. The Morgan fingerprint density at radius 3 is 2.91 bits per heavy atom. The Balaban J connectivity index is 1.86. The van der Waals surface area contributed by atoms with Gasteiger partial charge in [0.2, 0.25) is 6.41 Å². The Labute approximate surface area is 126 Å². The summed E-state index contributed by atoms with van der Waals surface area (Å²) in [6.45, 7) is 0.933. The van der Waals surface area contributed by atoms with Crippen LogP contribution >= 0.6 is 0 Å². The molecule has 1 aliphatic heterocycles. The molecule has 7 nitrogen and oxygen atoms in total. The molecule has 1 aliphatic rings. The second-order valence-corrected chi connectivity index (χ2v) is 5.08. The van der Waals surface area contributed by atoms with Gasteiger partial charge >= 0.3 is 0 Å². The summed E-state index contributed by atoms with van der Waals surface area (Å²) in [6.07, 6.45) is 3.37. The van der Waals surface area contributed by atoms with Gasteiger partial charge in [-0.1, -0.05) is 0 Å². The second kappa shape index (κ2) is 5.63. The van der Waals surface area contributed by atoms with Crippen molar-refractivity contribution in [3.63, 3.8) is 0 Å². The van der Waals surface area contributed by atoms with Gasteiger partial charge in [-0.2, -0.15) is 5.10 Å². The van der Waals surface area contributed by atoms with Gasteiger partial charge in [0.15, 0.2) is 11.6 Å². The molecule has 0 aliphatic carbocycles. The van der Waals surface area contributed by atoms with Crippen LogP contribution < -0.4 is 10.1 Å². The summed E-state index contributed by atoms with van der Waals surface area (Å²) in [5.41, 5.74) is 2.10. The number of likely N-dealkylation sites (tertiary alicyclic amines) is 1. The van der Waals surface area contributed by atoms with Gasteiger partial charge in [-0.15, -0.1) is 0 Å². The number of nitrogens with zero attached hydrogens (tertiary/aromatic N) is 4. The third kappa shape index (κ3) is 2.47. The zero-order chi connectivity index (χ0) is 15.7. The van der Waals surface area contributed by atoms with Gasteiger partial charge < -0.3 is 15.0 Å². The van der Waals surface area contributed by atoms with Gasteiger partial charge in [-0.3, -0.25) is 14.5 Å². The van der Waals surface area contributed by atoms with Gasteiger partial charge in [-0.25, -0.2) is 4.39 Å². The summed E-state index contributed by atoms with van der Waals surface area (Å²) >= 11 is 0. The number of rotatable bonds is 5. The van der Waals surface area contributed by atoms with Crippen molar-refractivity contribution in [2.75, 3.05) is 25.5 Å². The molecule has 0 unspecified atom stereocenters. The van der Waals surface area contributed by atoms with Crippen molar-refractivity contribution in [3.05, 3.63) is 24.3 Å². The number of hydrogen-bond acceptors (Lipinski definition) is 5. The Bertz CT molecular complexity index is 697. The topological polar surface area (TPSA) is 72.3 Å². The van der Waals surface area contributed by atoms with Crippen LogP contribution in [0.3, 0.4) is 0 Å². The molecule has 1 amide bonds. The molecule has 1 saturated heterocycles. The first-order valence-electron chi connectivity index (χ1n) is 6.84. The minimum atomic E-state index is -0.526. The standard InChI is InChI=1S/C14H16FN5O2/c1-16-12-5-18-19(2)14(12)11-3-13(10(15)4-17-11)22-9-6-20(7-9)8-21/h3-5,8-9,16H,6-7H2,1-2H3. The molecule has 0 saturated carbocycles. The molecule has 0 bridgehead atoms. The van der Waals surface area contributed by atoms with E-state index in [4.69, 9.17) is 4.74 Å². The minimum Gasteiger partial charge on any atom is -0.484 e. The van der Waals surface area contributed by atoms with Crippen LogP contribution in [0.5, 0.6) is 5.75 Å². The number of amides is 1. The number of ether oxygens (including phenoxy) is 1. The number of halogens is 1. The number of carbonyl (C=O) groups excluding carboxylic acids is 1. The van der Waals surface area contributed by atoms with Gasteiger partial charge in [0.1, 0.15) is 11.8 Å². The van der Waals surface area contributed by atoms with Crippen molar-refractivity contribution in [2.45, 2.75) is 6.10 Å². The first-order valence-corrected chi connectivity index (χ1v) is 6.84. The lowest BCUT2D eigenvalue weighted by atomic mass is 10.2. The summed E-state index contributed by atoms with van der Waals surface area (Å²) in [5.74, 6) is -0.398. The highest BCUT2D eigenvalue weighted by Gasteiger charge is 2.28. The maximum atomic E-state index is 13.9. The third-order valence-electron chi connectivity index (χ3n) is 3.59. The molecule has 1 N–H and O–H groups in total. The number of pyridine rings is 1. The van der Waals surface area contributed by atoms with Crippen LogP contribution in [0.1, 0.15) is 0 Å². The smallest absolute Gasteiger partial charge is 0.209 e. The molecular weight excluding hydrogens is 289 g/mol. The monoisotopic (exact) mass is 305 g/mol. The lowest BCUT2D eigenvalue weighted by Crippen LogP contribution is -2.52. The van der Waals surface area contributed by atoms with Crippen LogP contribution in [0.4, 0.5) is 10.1 Å². The number of aryl methyl sites for hydroxylation is 1.